The second-order valence-corrected chi connectivity index (χ2v) is 26.2. The summed E-state index contributed by atoms with van der Waals surface area (Å²) in [5.74, 6) is -0.828. The molecular weight excluding hydrogens is 1150 g/mol. The van der Waals surface area contributed by atoms with E-state index in [2.05, 4.69) is 148 Å². The molecule has 0 aromatic rings. The smallest absolute Gasteiger partial charge is 0.462 e. The number of phosphoric acid groups is 1. The Bertz CT molecular complexity index is 1960. The van der Waals surface area contributed by atoms with Gasteiger partial charge in [0.15, 0.2) is 6.10 Å². The van der Waals surface area contributed by atoms with E-state index in [0.29, 0.717) is 6.42 Å². The van der Waals surface area contributed by atoms with Gasteiger partial charge in [-0.05, 0) is 109 Å². The molecule has 0 saturated heterocycles. The zero-order valence-electron chi connectivity index (χ0n) is 58.8. The summed E-state index contributed by atoms with van der Waals surface area (Å²) in [5, 5.41) is 0. The van der Waals surface area contributed by atoms with Crippen molar-refractivity contribution in [1.82, 2.24) is 0 Å². The molecule has 0 aromatic carbocycles. The fourth-order valence-corrected chi connectivity index (χ4v) is 11.3. The van der Waals surface area contributed by atoms with Crippen LogP contribution in [0.2, 0.25) is 0 Å². The molecule has 0 fully saturated rings. The van der Waals surface area contributed by atoms with Gasteiger partial charge >= 0.3 is 19.8 Å². The van der Waals surface area contributed by atoms with Crippen molar-refractivity contribution in [3.63, 3.8) is 0 Å². The van der Waals surface area contributed by atoms with E-state index >= 15 is 0 Å². The van der Waals surface area contributed by atoms with Crippen LogP contribution in [0.25, 0.3) is 0 Å². The minimum Gasteiger partial charge on any atom is -0.462 e. The number of ether oxygens (including phenoxy) is 2. The summed E-state index contributed by atoms with van der Waals surface area (Å²) >= 11 is 0. The average molecular weight is 1290 g/mol. The standard InChI is InChI=1S/C81H140NO8P/c1-3-5-7-9-11-13-15-17-19-21-23-25-27-29-31-33-35-36-37-38-39-40-41-42-44-45-47-49-51-53-55-57-59-61-63-65-67-69-71-73-80(83)87-77-79(78-89-91(85,86)88-76-75-82)90-81(84)74-72-70-68-66-64-62-60-58-56-54-52-50-48-46-43-34-32-30-28-26-24-22-20-18-16-14-12-10-8-6-4-2/h5-8,11-14,17-20,23-26,30,32,43,46,50,52,79H,3-4,9-10,15-16,21-22,27-29,31,33-42,44-45,47-49,51,53-78,82H2,1-2H3,(H,85,86)/b7-5-,8-6-,13-11-,14-12-,19-17-,20-18-,25-23-,26-24-,32-30-,46-43-,52-50-. The number of rotatable bonds is 70. The molecule has 0 saturated carbocycles. The van der Waals surface area contributed by atoms with Crippen LogP contribution in [0.3, 0.4) is 0 Å². The molecule has 0 bridgehead atoms. The van der Waals surface area contributed by atoms with Crippen LogP contribution in [-0.2, 0) is 32.7 Å². The van der Waals surface area contributed by atoms with Crippen molar-refractivity contribution in [2.24, 2.45) is 5.73 Å². The first-order valence-electron chi connectivity index (χ1n) is 37.7. The van der Waals surface area contributed by atoms with E-state index in [1.807, 2.05) is 0 Å². The Morgan fingerprint density at radius 2 is 0.571 bits per heavy atom. The highest BCUT2D eigenvalue weighted by Crippen LogP contribution is 2.43. The number of carbonyl (C=O) groups excluding carboxylic acids is 2. The average Bonchev–Trinajstić information content (AvgIpc) is 3.71. The van der Waals surface area contributed by atoms with Crippen molar-refractivity contribution in [2.75, 3.05) is 26.4 Å². The van der Waals surface area contributed by atoms with Gasteiger partial charge in [0, 0.05) is 19.4 Å². The molecule has 0 radical (unpaired) electrons. The molecule has 0 rings (SSSR count). The minimum atomic E-state index is -4.40. The maximum atomic E-state index is 12.8. The van der Waals surface area contributed by atoms with Crippen molar-refractivity contribution in [3.8, 4) is 0 Å². The highest BCUT2D eigenvalue weighted by molar-refractivity contribution is 7.47. The van der Waals surface area contributed by atoms with Gasteiger partial charge in [-0.1, -0.05) is 347 Å². The summed E-state index contributed by atoms with van der Waals surface area (Å²) in [4.78, 5) is 35.4. The molecule has 0 amide bonds. The first-order chi connectivity index (χ1) is 44.8. The highest BCUT2D eigenvalue weighted by atomic mass is 31.2. The fourth-order valence-electron chi connectivity index (χ4n) is 10.6. The number of esters is 2. The van der Waals surface area contributed by atoms with Crippen LogP contribution in [0.4, 0.5) is 0 Å². The van der Waals surface area contributed by atoms with E-state index in [-0.39, 0.29) is 38.6 Å². The van der Waals surface area contributed by atoms with Crippen molar-refractivity contribution in [3.05, 3.63) is 134 Å². The molecule has 0 aromatic heterocycles. The summed E-state index contributed by atoms with van der Waals surface area (Å²) in [6, 6.07) is 0. The largest absolute Gasteiger partial charge is 0.472 e. The van der Waals surface area contributed by atoms with Gasteiger partial charge in [-0.15, -0.1) is 0 Å². The Kier molecular flexibility index (Phi) is 72.0. The van der Waals surface area contributed by atoms with Gasteiger partial charge in [0.05, 0.1) is 13.2 Å². The van der Waals surface area contributed by atoms with Gasteiger partial charge in [0.25, 0.3) is 0 Å². The molecular formula is C81H140NO8P. The van der Waals surface area contributed by atoms with E-state index in [9.17, 15) is 19.0 Å². The third kappa shape index (κ3) is 75.1. The minimum absolute atomic E-state index is 0.0484. The molecule has 2 atom stereocenters. The molecule has 9 nitrogen and oxygen atoms in total. The number of hydrogen-bond acceptors (Lipinski definition) is 8. The number of allylic oxidation sites excluding steroid dienone is 22. The Hall–Kier alpha value is -3.85. The van der Waals surface area contributed by atoms with Gasteiger partial charge in [-0.2, -0.15) is 0 Å². The topological polar surface area (TPSA) is 134 Å². The molecule has 3 N–H and O–H groups in total. The van der Waals surface area contributed by atoms with Crippen LogP contribution >= 0.6 is 7.82 Å². The zero-order chi connectivity index (χ0) is 65.8. The number of hydrogen-bond donors (Lipinski definition) is 2. The number of unbranched alkanes of at least 4 members (excludes halogenated alkanes) is 35. The van der Waals surface area contributed by atoms with E-state index in [4.69, 9.17) is 24.3 Å². The maximum absolute atomic E-state index is 12.8. The van der Waals surface area contributed by atoms with E-state index in [1.165, 1.54) is 186 Å². The summed E-state index contributed by atoms with van der Waals surface area (Å²) in [5.41, 5.74) is 5.41. The molecule has 522 valence electrons. The molecule has 0 aliphatic carbocycles. The predicted molar refractivity (Wildman–Crippen MR) is 394 cm³/mol. The summed E-state index contributed by atoms with van der Waals surface area (Å²) in [6.07, 6.45) is 107. The van der Waals surface area contributed by atoms with Gasteiger partial charge in [-0.25, -0.2) is 4.57 Å². The predicted octanol–water partition coefficient (Wildman–Crippen LogP) is 25.2. The molecule has 10 heteroatoms. The lowest BCUT2D eigenvalue weighted by Gasteiger charge is -2.19. The number of nitrogens with two attached hydrogens (primary N) is 1. The molecule has 91 heavy (non-hydrogen) atoms. The number of carbonyl (C=O) groups is 2. The van der Waals surface area contributed by atoms with Gasteiger partial charge < -0.3 is 20.1 Å². The molecule has 0 aliphatic heterocycles. The Morgan fingerprint density at radius 1 is 0.330 bits per heavy atom. The molecule has 0 heterocycles. The lowest BCUT2D eigenvalue weighted by Crippen LogP contribution is -2.29. The van der Waals surface area contributed by atoms with Gasteiger partial charge in [0.2, 0.25) is 0 Å². The fraction of sp³-hybridized carbons (Fsp3) is 0.704. The van der Waals surface area contributed by atoms with Crippen LogP contribution in [0, 0.1) is 0 Å². The maximum Gasteiger partial charge on any atom is 0.472 e. The molecule has 2 unspecified atom stereocenters. The summed E-state index contributed by atoms with van der Waals surface area (Å²) < 4.78 is 33.2. The normalized spacial score (nSPS) is 13.7. The first kappa shape index (κ1) is 87.2. The van der Waals surface area contributed by atoms with Gasteiger partial charge in [-0.3, -0.25) is 18.6 Å². The quantitative estimate of drug-likeness (QED) is 0.0264. The van der Waals surface area contributed by atoms with Crippen molar-refractivity contribution in [2.45, 2.75) is 341 Å². The monoisotopic (exact) mass is 1290 g/mol. The number of phosphoric ester groups is 1. The summed E-state index contributed by atoms with van der Waals surface area (Å²) in [6.45, 7) is 3.54. The Balaban J connectivity index is 3.84. The second kappa shape index (κ2) is 75.2. The molecule has 0 aliphatic rings. The van der Waals surface area contributed by atoms with Gasteiger partial charge in [0.1, 0.15) is 6.61 Å². The molecule has 0 spiro atoms. The second-order valence-electron chi connectivity index (χ2n) is 24.8. The Morgan fingerprint density at radius 3 is 0.846 bits per heavy atom. The lowest BCUT2D eigenvalue weighted by molar-refractivity contribution is -0.161. The van der Waals surface area contributed by atoms with E-state index < -0.39 is 26.5 Å². The van der Waals surface area contributed by atoms with Crippen LogP contribution in [0.15, 0.2) is 134 Å². The van der Waals surface area contributed by atoms with Crippen molar-refractivity contribution in [1.29, 1.82) is 0 Å². The highest BCUT2D eigenvalue weighted by Gasteiger charge is 2.26. The van der Waals surface area contributed by atoms with Crippen LogP contribution in [-0.4, -0.2) is 49.3 Å². The summed E-state index contributed by atoms with van der Waals surface area (Å²) in [7, 11) is -4.40. The SMILES string of the molecule is CC/C=C\C/C=C\C/C=C\C/C=C\C/C=C\C/C=C\C/C=C\CCCCCCCCCCCC(=O)OC(COC(=O)CCCCCCCCCCCCCCCCCCCCCCCCCCCC/C=C\C/C=C\C/C=C\C/C=C\CC)COP(=O)(O)OCCN. The van der Waals surface area contributed by atoms with E-state index in [1.54, 1.807) is 0 Å². The van der Waals surface area contributed by atoms with E-state index in [0.717, 1.165) is 116 Å². The zero-order valence-corrected chi connectivity index (χ0v) is 59.7. The van der Waals surface area contributed by atoms with Crippen molar-refractivity contribution >= 4 is 19.8 Å². The van der Waals surface area contributed by atoms with Crippen LogP contribution in [0.5, 0.6) is 0 Å². The van der Waals surface area contributed by atoms with Crippen LogP contribution < -0.4 is 5.73 Å². The Labute approximate surface area is 561 Å². The lowest BCUT2D eigenvalue weighted by atomic mass is 10.0. The van der Waals surface area contributed by atoms with Crippen LogP contribution in [0.1, 0.15) is 335 Å². The van der Waals surface area contributed by atoms with Crippen molar-refractivity contribution < 1.29 is 37.6 Å². The third-order valence-electron chi connectivity index (χ3n) is 16.0. The first-order valence-corrected chi connectivity index (χ1v) is 39.2. The third-order valence-corrected chi connectivity index (χ3v) is 17.0.